The predicted octanol–water partition coefficient (Wildman–Crippen LogP) is 3.98. The largest absolute Gasteiger partial charge is 0.507 e. The second kappa shape index (κ2) is 8.30. The molecule has 1 saturated carbocycles. The van der Waals surface area contributed by atoms with Crippen molar-refractivity contribution in [2.45, 2.75) is 32.2 Å². The number of benzene rings is 2. The Kier molecular flexibility index (Phi) is 5.71. The molecule has 2 aliphatic rings. The number of hydrogen-bond donors (Lipinski definition) is 2. The van der Waals surface area contributed by atoms with Crippen LogP contribution in [0.2, 0.25) is 0 Å². The maximum Gasteiger partial charge on any atom is 0.223 e. The van der Waals surface area contributed by atoms with Crippen LogP contribution in [0.4, 0.5) is 10.2 Å². The van der Waals surface area contributed by atoms with Gasteiger partial charge in [0, 0.05) is 30.4 Å². The number of aromatic nitrogens is 2. The molecule has 2 N–H and O–H groups in total. The first kappa shape index (κ1) is 21.3. The summed E-state index contributed by atoms with van der Waals surface area (Å²) in [6.45, 7) is 3.35. The lowest BCUT2D eigenvalue weighted by atomic mass is 10.1. The quantitative estimate of drug-likeness (QED) is 0.639. The van der Waals surface area contributed by atoms with Crippen LogP contribution in [0, 0.1) is 18.7 Å². The van der Waals surface area contributed by atoms with Crippen LogP contribution in [0.1, 0.15) is 24.8 Å². The van der Waals surface area contributed by atoms with Gasteiger partial charge in [-0.05, 0) is 56.0 Å². The van der Waals surface area contributed by atoms with Gasteiger partial charge in [-0.15, -0.1) is 12.4 Å². The van der Waals surface area contributed by atoms with E-state index in [0.29, 0.717) is 17.9 Å². The van der Waals surface area contributed by atoms with Crippen LogP contribution in [-0.4, -0.2) is 40.1 Å². The number of hydrogen-bond acceptors (Lipinski definition) is 5. The highest BCUT2D eigenvalue weighted by Gasteiger charge is 2.33. The van der Waals surface area contributed by atoms with Gasteiger partial charge in [-0.2, -0.15) is 0 Å². The van der Waals surface area contributed by atoms with Crippen molar-refractivity contribution < 1.29 is 14.3 Å². The number of carbonyl (C=O) groups excluding carboxylic acids is 1. The lowest BCUT2D eigenvalue weighted by molar-refractivity contribution is -0.122. The van der Waals surface area contributed by atoms with Crippen molar-refractivity contribution in [3.63, 3.8) is 0 Å². The van der Waals surface area contributed by atoms with Gasteiger partial charge in [-0.3, -0.25) is 4.79 Å². The molecule has 2 fully saturated rings. The van der Waals surface area contributed by atoms with Gasteiger partial charge < -0.3 is 15.3 Å². The van der Waals surface area contributed by atoms with Crippen molar-refractivity contribution in [1.29, 1.82) is 0 Å². The number of aryl methyl sites for hydroxylation is 1. The highest BCUT2D eigenvalue weighted by atomic mass is 35.5. The van der Waals surface area contributed by atoms with Gasteiger partial charge in [0.05, 0.1) is 11.1 Å². The maximum atomic E-state index is 14.5. The summed E-state index contributed by atoms with van der Waals surface area (Å²) in [5.41, 5.74) is 1.73. The molecule has 2 aromatic carbocycles. The molecular formula is C23H24ClFN4O2. The molecule has 0 radical (unpaired) electrons. The van der Waals surface area contributed by atoms with E-state index in [9.17, 15) is 14.3 Å². The van der Waals surface area contributed by atoms with E-state index in [1.54, 1.807) is 0 Å². The minimum absolute atomic E-state index is 0. The Morgan fingerprint density at radius 1 is 1.19 bits per heavy atom. The van der Waals surface area contributed by atoms with E-state index >= 15 is 0 Å². The molecule has 3 aromatic rings. The van der Waals surface area contributed by atoms with E-state index in [4.69, 9.17) is 0 Å². The van der Waals surface area contributed by atoms with Crippen LogP contribution in [0.5, 0.6) is 5.75 Å². The van der Waals surface area contributed by atoms with Crippen LogP contribution in [-0.2, 0) is 4.79 Å². The molecule has 1 saturated heterocycles. The monoisotopic (exact) mass is 442 g/mol. The lowest BCUT2D eigenvalue weighted by Crippen LogP contribution is -2.38. The van der Waals surface area contributed by atoms with Crippen molar-refractivity contribution >= 4 is 35.0 Å². The third-order valence-electron chi connectivity index (χ3n) is 5.83. The summed E-state index contributed by atoms with van der Waals surface area (Å²) >= 11 is 0. The fourth-order valence-electron chi connectivity index (χ4n) is 4.04. The van der Waals surface area contributed by atoms with Crippen molar-refractivity contribution in [1.82, 2.24) is 15.3 Å². The summed E-state index contributed by atoms with van der Waals surface area (Å²) in [6.07, 6.45) is 2.79. The van der Waals surface area contributed by atoms with Gasteiger partial charge >= 0.3 is 0 Å². The van der Waals surface area contributed by atoms with Gasteiger partial charge in [0.25, 0.3) is 0 Å². The fraction of sp³-hybridized carbons (Fsp3) is 0.348. The number of carbonyl (C=O) groups is 1. The number of aromatic hydroxyl groups is 1. The second-order valence-corrected chi connectivity index (χ2v) is 8.24. The molecule has 1 aliphatic carbocycles. The number of rotatable bonds is 4. The number of phenolic OH excluding ortho intramolecular Hbond substituents is 1. The molecule has 6 nitrogen and oxygen atoms in total. The number of anilines is 1. The molecular weight excluding hydrogens is 419 g/mol. The summed E-state index contributed by atoms with van der Waals surface area (Å²) in [7, 11) is 0. The van der Waals surface area contributed by atoms with E-state index < -0.39 is 5.82 Å². The Labute approximate surface area is 185 Å². The zero-order valence-electron chi connectivity index (χ0n) is 17.1. The third-order valence-corrected chi connectivity index (χ3v) is 5.83. The number of amides is 1. The molecule has 0 unspecified atom stereocenters. The van der Waals surface area contributed by atoms with Gasteiger partial charge in [0.1, 0.15) is 17.4 Å². The zero-order chi connectivity index (χ0) is 20.8. The second-order valence-electron chi connectivity index (χ2n) is 8.24. The number of fused-ring (bicyclic) bond motifs is 1. The van der Waals surface area contributed by atoms with Crippen LogP contribution < -0.4 is 10.2 Å². The lowest BCUT2D eigenvalue weighted by Gasteiger charge is -2.21. The summed E-state index contributed by atoms with van der Waals surface area (Å²) in [4.78, 5) is 23.5. The summed E-state index contributed by atoms with van der Waals surface area (Å²) in [6, 6.07) is 10.1. The van der Waals surface area contributed by atoms with Gasteiger partial charge in [-0.1, -0.05) is 12.1 Å². The minimum Gasteiger partial charge on any atom is -0.507 e. The molecule has 0 spiro atoms. The van der Waals surface area contributed by atoms with Gasteiger partial charge in [0.15, 0.2) is 5.82 Å². The molecule has 0 bridgehead atoms. The van der Waals surface area contributed by atoms with E-state index in [2.05, 4.69) is 20.2 Å². The summed E-state index contributed by atoms with van der Waals surface area (Å²) < 4.78 is 14.5. The zero-order valence-corrected chi connectivity index (χ0v) is 18.0. The topological polar surface area (TPSA) is 78.4 Å². The van der Waals surface area contributed by atoms with Crippen molar-refractivity contribution in [3.05, 3.63) is 47.8 Å². The van der Waals surface area contributed by atoms with Crippen LogP contribution in [0.15, 0.2) is 36.4 Å². The Balaban J connectivity index is 0.00000231. The first-order valence-corrected chi connectivity index (χ1v) is 10.3. The first-order valence-electron chi connectivity index (χ1n) is 10.3. The van der Waals surface area contributed by atoms with Crippen LogP contribution in [0.3, 0.4) is 0 Å². The van der Waals surface area contributed by atoms with E-state index in [1.807, 2.05) is 25.1 Å². The third kappa shape index (κ3) is 4.14. The fourth-order valence-corrected chi connectivity index (χ4v) is 4.04. The smallest absolute Gasteiger partial charge is 0.223 e. The van der Waals surface area contributed by atoms with Gasteiger partial charge in [-0.25, -0.2) is 14.4 Å². The molecule has 1 aliphatic heterocycles. The van der Waals surface area contributed by atoms with Crippen LogP contribution >= 0.6 is 12.4 Å². The molecule has 1 aromatic heterocycles. The first-order chi connectivity index (χ1) is 14.5. The normalized spacial score (nSPS) is 18.1. The highest BCUT2D eigenvalue weighted by Crippen LogP contribution is 2.35. The van der Waals surface area contributed by atoms with E-state index in [0.717, 1.165) is 36.8 Å². The Hall–Kier alpha value is -2.93. The number of nitrogens with one attached hydrogen (secondary N) is 1. The molecule has 2 heterocycles. The molecule has 8 heteroatoms. The van der Waals surface area contributed by atoms with Crippen molar-refractivity contribution in [2.24, 2.45) is 5.92 Å². The molecule has 31 heavy (non-hydrogen) atoms. The number of nitrogens with zero attached hydrogens (tertiary/aromatic N) is 3. The van der Waals surface area contributed by atoms with E-state index in [1.165, 1.54) is 18.2 Å². The predicted molar refractivity (Wildman–Crippen MR) is 120 cm³/mol. The molecule has 1 atom stereocenters. The summed E-state index contributed by atoms with van der Waals surface area (Å²) in [5.74, 6) is 0.414. The number of halogens is 2. The molecule has 162 valence electrons. The standard InChI is InChI=1S/C23H23FN4O2.ClH/c1-13-5-8-16-18(11-13)26-21(20-17(24)3-2-4-19(20)29)27-22(16)28-10-9-15(12-28)25-23(30)14-6-7-14;/h2-5,8,11,14-15,29H,6-7,9-10,12H2,1H3,(H,25,30);1H/t15-;/m1./s1. The molecule has 1 amide bonds. The molecule has 5 rings (SSSR count). The SMILES string of the molecule is Cc1ccc2c(N3CC[C@@H](NC(=O)C4CC4)C3)nc(-c3c(O)cccc3F)nc2c1.Cl. The van der Waals surface area contributed by atoms with Crippen molar-refractivity contribution in [2.75, 3.05) is 18.0 Å². The maximum absolute atomic E-state index is 14.5. The van der Waals surface area contributed by atoms with Crippen molar-refractivity contribution in [3.8, 4) is 17.1 Å². The average molecular weight is 443 g/mol. The summed E-state index contributed by atoms with van der Waals surface area (Å²) in [5, 5.41) is 14.3. The Morgan fingerprint density at radius 3 is 2.74 bits per heavy atom. The number of phenols is 1. The Bertz CT molecular complexity index is 1130. The highest BCUT2D eigenvalue weighted by molar-refractivity contribution is 5.92. The van der Waals surface area contributed by atoms with E-state index in [-0.39, 0.29) is 47.4 Å². The minimum atomic E-state index is -0.566. The van der Waals surface area contributed by atoms with Crippen LogP contribution in [0.25, 0.3) is 22.3 Å². The van der Waals surface area contributed by atoms with Gasteiger partial charge in [0.2, 0.25) is 5.91 Å². The Morgan fingerprint density at radius 2 is 2.00 bits per heavy atom. The average Bonchev–Trinajstić information content (AvgIpc) is 3.47.